The Morgan fingerprint density at radius 1 is 1.10 bits per heavy atom. The first kappa shape index (κ1) is 12.2. The molecule has 3 nitrogen and oxygen atoms in total. The molecule has 0 saturated heterocycles. The Bertz CT molecular complexity index is 706. The lowest BCUT2D eigenvalue weighted by Crippen LogP contribution is -2.40. The summed E-state index contributed by atoms with van der Waals surface area (Å²) in [5, 5.41) is 3.63. The van der Waals surface area contributed by atoms with E-state index in [1.54, 1.807) is 0 Å². The second-order valence-corrected chi connectivity index (χ2v) is 5.49. The van der Waals surface area contributed by atoms with Gasteiger partial charge in [0.25, 0.3) is 0 Å². The van der Waals surface area contributed by atoms with Crippen molar-refractivity contribution in [1.82, 2.24) is 0 Å². The van der Waals surface area contributed by atoms with Gasteiger partial charge in [-0.2, -0.15) is 0 Å². The van der Waals surface area contributed by atoms with Crippen LogP contribution >= 0.6 is 0 Å². The smallest absolute Gasteiger partial charge is 0.130 e. The number of para-hydroxylation sites is 1. The molecule has 2 unspecified atom stereocenters. The molecule has 104 valence electrons. The quantitative estimate of drug-likeness (QED) is 0.900. The molecule has 1 N–H and O–H groups in total. The normalized spacial score (nSPS) is 22.4. The van der Waals surface area contributed by atoms with E-state index in [0.29, 0.717) is 0 Å². The number of nitrogens with zero attached hydrogens (tertiary/aromatic N) is 2. The third-order valence-electron chi connectivity index (χ3n) is 4.00. The molecule has 2 aromatic rings. The largest absolute Gasteiger partial charge is 0.361 e. The van der Waals surface area contributed by atoms with E-state index in [9.17, 15) is 0 Å². The average Bonchev–Trinajstić information content (AvgIpc) is 3.14. The Labute approximate surface area is 124 Å². The molecule has 0 amide bonds. The summed E-state index contributed by atoms with van der Waals surface area (Å²) in [5.41, 5.74) is 4.85. The topological polar surface area (TPSA) is 27.6 Å². The molecule has 21 heavy (non-hydrogen) atoms. The summed E-state index contributed by atoms with van der Waals surface area (Å²) in [6.07, 6.45) is 6.17. The number of rotatable bonds is 2. The van der Waals surface area contributed by atoms with Crippen LogP contribution in [-0.4, -0.2) is 18.4 Å². The summed E-state index contributed by atoms with van der Waals surface area (Å²) in [6, 6.07) is 17.2. The Balaban J connectivity index is 1.82. The van der Waals surface area contributed by atoms with Gasteiger partial charge in [0.1, 0.15) is 12.2 Å². The van der Waals surface area contributed by atoms with Gasteiger partial charge >= 0.3 is 0 Å². The molecule has 2 atom stereocenters. The van der Waals surface area contributed by atoms with Crippen LogP contribution in [-0.2, 0) is 0 Å². The van der Waals surface area contributed by atoms with Gasteiger partial charge in [0, 0.05) is 11.9 Å². The van der Waals surface area contributed by atoms with Crippen molar-refractivity contribution in [1.29, 1.82) is 0 Å². The molecule has 3 heteroatoms. The highest BCUT2D eigenvalue weighted by atomic mass is 15.4. The number of aliphatic imine (C=N–C) groups is 1. The molecular formula is C18H17N3. The Hall–Kier alpha value is -2.55. The standard InChI is InChI=1S/C18H17N3/c1-13-9-10-17-16(12-13)20-18(15-8-5-11-19-15)21(17)14-6-3-2-4-7-14/h2-12,15,18,20H,1H3. The number of nitrogens with one attached hydrogen (secondary N) is 1. The molecule has 0 spiro atoms. The van der Waals surface area contributed by atoms with Crippen LogP contribution in [0.25, 0.3) is 0 Å². The van der Waals surface area contributed by atoms with Gasteiger partial charge in [-0.15, -0.1) is 0 Å². The fourth-order valence-corrected chi connectivity index (χ4v) is 3.02. The SMILES string of the molecule is Cc1ccc2c(c1)NC(C1C=CC=N1)N2c1ccccc1. The minimum atomic E-state index is 0.124. The molecule has 4 rings (SSSR count). The van der Waals surface area contributed by atoms with Gasteiger partial charge in [-0.25, -0.2) is 0 Å². The van der Waals surface area contributed by atoms with Crippen molar-refractivity contribution in [3.05, 3.63) is 66.2 Å². The van der Waals surface area contributed by atoms with Gasteiger partial charge in [0.05, 0.1) is 11.4 Å². The Morgan fingerprint density at radius 3 is 2.71 bits per heavy atom. The van der Waals surface area contributed by atoms with Crippen LogP contribution in [0.15, 0.2) is 65.7 Å². The zero-order valence-corrected chi connectivity index (χ0v) is 11.9. The van der Waals surface area contributed by atoms with Crippen LogP contribution in [0.4, 0.5) is 17.1 Å². The van der Waals surface area contributed by atoms with Crippen LogP contribution in [0, 0.1) is 6.92 Å². The van der Waals surface area contributed by atoms with Crippen molar-refractivity contribution < 1.29 is 0 Å². The van der Waals surface area contributed by atoms with Crippen LogP contribution < -0.4 is 10.2 Å². The number of hydrogen-bond donors (Lipinski definition) is 1. The third-order valence-corrected chi connectivity index (χ3v) is 4.00. The van der Waals surface area contributed by atoms with E-state index >= 15 is 0 Å². The second kappa shape index (κ2) is 4.77. The monoisotopic (exact) mass is 275 g/mol. The molecule has 2 aliphatic heterocycles. The van der Waals surface area contributed by atoms with Gasteiger partial charge in [0.2, 0.25) is 0 Å². The van der Waals surface area contributed by atoms with Gasteiger partial charge in [-0.05, 0) is 42.8 Å². The van der Waals surface area contributed by atoms with Crippen LogP contribution in [0.5, 0.6) is 0 Å². The van der Waals surface area contributed by atoms with E-state index in [1.165, 1.54) is 22.6 Å². The molecular weight excluding hydrogens is 258 g/mol. The van der Waals surface area contributed by atoms with Crippen molar-refractivity contribution in [2.45, 2.75) is 19.1 Å². The van der Waals surface area contributed by atoms with E-state index in [4.69, 9.17) is 0 Å². The highest BCUT2D eigenvalue weighted by Crippen LogP contribution is 2.42. The third kappa shape index (κ3) is 2.02. The van der Waals surface area contributed by atoms with E-state index in [0.717, 1.165) is 0 Å². The minimum Gasteiger partial charge on any atom is -0.361 e. The average molecular weight is 275 g/mol. The number of fused-ring (bicyclic) bond motifs is 1. The number of allylic oxidation sites excluding steroid dienone is 1. The summed E-state index contributed by atoms with van der Waals surface area (Å²) < 4.78 is 0. The van der Waals surface area contributed by atoms with Crippen molar-refractivity contribution in [2.75, 3.05) is 10.2 Å². The van der Waals surface area contributed by atoms with Crippen molar-refractivity contribution in [3.8, 4) is 0 Å². The molecule has 0 aliphatic carbocycles. The predicted molar refractivity (Wildman–Crippen MR) is 88.6 cm³/mol. The summed E-state index contributed by atoms with van der Waals surface area (Å²) in [6.45, 7) is 2.12. The first-order valence-corrected chi connectivity index (χ1v) is 7.24. The lowest BCUT2D eigenvalue weighted by atomic mass is 10.1. The molecule has 2 heterocycles. The van der Waals surface area contributed by atoms with Gasteiger partial charge in [-0.1, -0.05) is 30.3 Å². The van der Waals surface area contributed by atoms with Crippen molar-refractivity contribution >= 4 is 23.3 Å². The first-order valence-electron chi connectivity index (χ1n) is 7.24. The maximum absolute atomic E-state index is 4.56. The molecule has 0 aromatic heterocycles. The summed E-state index contributed by atoms with van der Waals surface area (Å²) in [5.74, 6) is 0. The second-order valence-electron chi connectivity index (χ2n) is 5.49. The highest BCUT2D eigenvalue weighted by molar-refractivity contribution is 5.84. The zero-order valence-electron chi connectivity index (χ0n) is 11.9. The van der Waals surface area contributed by atoms with Gasteiger partial charge < -0.3 is 10.2 Å². The first-order chi connectivity index (χ1) is 10.3. The van der Waals surface area contributed by atoms with Crippen LogP contribution in [0.3, 0.4) is 0 Å². The molecule has 2 aromatic carbocycles. The maximum Gasteiger partial charge on any atom is 0.130 e. The van der Waals surface area contributed by atoms with Gasteiger partial charge in [0.15, 0.2) is 0 Å². The van der Waals surface area contributed by atoms with E-state index in [2.05, 4.69) is 70.7 Å². The number of benzene rings is 2. The van der Waals surface area contributed by atoms with E-state index < -0.39 is 0 Å². The summed E-state index contributed by atoms with van der Waals surface area (Å²) in [4.78, 5) is 6.90. The summed E-state index contributed by atoms with van der Waals surface area (Å²) in [7, 11) is 0. The molecule has 2 aliphatic rings. The van der Waals surface area contributed by atoms with Crippen molar-refractivity contribution in [3.63, 3.8) is 0 Å². The minimum absolute atomic E-state index is 0.124. The number of anilines is 3. The molecule has 0 saturated carbocycles. The Kier molecular flexibility index (Phi) is 2.78. The highest BCUT2D eigenvalue weighted by Gasteiger charge is 2.34. The predicted octanol–water partition coefficient (Wildman–Crippen LogP) is 3.89. The molecule has 0 bridgehead atoms. The van der Waals surface area contributed by atoms with Crippen LogP contribution in [0.1, 0.15) is 5.56 Å². The lowest BCUT2D eigenvalue weighted by Gasteiger charge is -2.29. The lowest BCUT2D eigenvalue weighted by molar-refractivity contribution is 0.675. The van der Waals surface area contributed by atoms with Crippen molar-refractivity contribution in [2.24, 2.45) is 4.99 Å². The zero-order chi connectivity index (χ0) is 14.2. The van der Waals surface area contributed by atoms with Crippen LogP contribution in [0.2, 0.25) is 0 Å². The fraction of sp³-hybridized carbons (Fsp3) is 0.167. The number of hydrogen-bond acceptors (Lipinski definition) is 3. The summed E-state index contributed by atoms with van der Waals surface area (Å²) >= 11 is 0. The maximum atomic E-state index is 4.56. The van der Waals surface area contributed by atoms with E-state index in [1.807, 2.05) is 18.4 Å². The van der Waals surface area contributed by atoms with Gasteiger partial charge in [-0.3, -0.25) is 4.99 Å². The Morgan fingerprint density at radius 2 is 1.95 bits per heavy atom. The molecule has 0 fully saturated rings. The fourth-order valence-electron chi connectivity index (χ4n) is 3.02. The van der Waals surface area contributed by atoms with E-state index in [-0.39, 0.29) is 12.2 Å². The number of aryl methyl sites for hydroxylation is 1. The molecule has 0 radical (unpaired) electrons.